The summed E-state index contributed by atoms with van der Waals surface area (Å²) in [5.74, 6) is 3.02. The van der Waals surface area contributed by atoms with Crippen molar-refractivity contribution in [2.45, 2.75) is 91.4 Å². The highest BCUT2D eigenvalue weighted by Crippen LogP contribution is 2.62. The minimum Gasteiger partial charge on any atom is -0.0622 e. The van der Waals surface area contributed by atoms with Crippen molar-refractivity contribution in [2.24, 2.45) is 28.6 Å². The second-order valence-corrected chi connectivity index (χ2v) is 8.70. The van der Waals surface area contributed by atoms with Crippen LogP contribution in [0.3, 0.4) is 0 Å². The summed E-state index contributed by atoms with van der Waals surface area (Å²) < 4.78 is 0. The average molecular weight is 262 g/mol. The molecule has 0 N–H and O–H groups in total. The Morgan fingerprint density at radius 1 is 0.789 bits per heavy atom. The monoisotopic (exact) mass is 262 g/mol. The molecule has 3 aliphatic rings. The highest BCUT2D eigenvalue weighted by Gasteiger charge is 2.53. The second-order valence-electron chi connectivity index (χ2n) is 8.70. The summed E-state index contributed by atoms with van der Waals surface area (Å²) in [6.07, 6.45) is 16.8. The van der Waals surface area contributed by atoms with Gasteiger partial charge in [0.1, 0.15) is 0 Å². The Balaban J connectivity index is 1.82. The van der Waals surface area contributed by atoms with Gasteiger partial charge >= 0.3 is 0 Å². The molecule has 3 saturated carbocycles. The highest BCUT2D eigenvalue weighted by molar-refractivity contribution is 5.02. The van der Waals surface area contributed by atoms with Crippen molar-refractivity contribution in [3.05, 3.63) is 0 Å². The summed E-state index contributed by atoms with van der Waals surface area (Å²) in [4.78, 5) is 0. The van der Waals surface area contributed by atoms with E-state index in [1.54, 1.807) is 19.3 Å². The maximum absolute atomic E-state index is 2.64. The molecule has 110 valence electrons. The lowest BCUT2D eigenvalue weighted by molar-refractivity contribution is -0.00930. The third kappa shape index (κ3) is 2.28. The van der Waals surface area contributed by atoms with E-state index < -0.39 is 0 Å². The first-order valence-corrected chi connectivity index (χ1v) is 9.06. The summed E-state index contributed by atoms with van der Waals surface area (Å²) >= 11 is 0. The third-order valence-corrected chi connectivity index (χ3v) is 7.47. The molecule has 1 spiro atoms. The van der Waals surface area contributed by atoms with Crippen molar-refractivity contribution in [1.82, 2.24) is 0 Å². The van der Waals surface area contributed by atoms with Crippen molar-refractivity contribution in [3.63, 3.8) is 0 Å². The van der Waals surface area contributed by atoms with E-state index in [-0.39, 0.29) is 0 Å². The van der Waals surface area contributed by atoms with E-state index in [1.165, 1.54) is 51.4 Å². The van der Waals surface area contributed by atoms with Crippen LogP contribution in [0.2, 0.25) is 0 Å². The Hall–Kier alpha value is 0. The number of hydrogen-bond acceptors (Lipinski definition) is 0. The first-order valence-electron chi connectivity index (χ1n) is 9.06. The van der Waals surface area contributed by atoms with Crippen LogP contribution in [0.15, 0.2) is 0 Å². The zero-order chi connectivity index (χ0) is 13.5. The zero-order valence-corrected chi connectivity index (χ0v) is 13.5. The van der Waals surface area contributed by atoms with Gasteiger partial charge in [-0.1, -0.05) is 59.3 Å². The molecule has 0 heterocycles. The van der Waals surface area contributed by atoms with Crippen LogP contribution in [-0.2, 0) is 0 Å². The smallest absolute Gasteiger partial charge is 0.0264 e. The van der Waals surface area contributed by atoms with Gasteiger partial charge in [0.2, 0.25) is 0 Å². The van der Waals surface area contributed by atoms with Crippen molar-refractivity contribution in [1.29, 1.82) is 0 Å². The lowest BCUT2D eigenvalue weighted by Gasteiger charge is -2.50. The minimum atomic E-state index is 0.601. The summed E-state index contributed by atoms with van der Waals surface area (Å²) in [7, 11) is 0. The minimum absolute atomic E-state index is 0.601. The Labute approximate surface area is 120 Å². The van der Waals surface area contributed by atoms with Crippen molar-refractivity contribution < 1.29 is 0 Å². The van der Waals surface area contributed by atoms with Gasteiger partial charge in [-0.05, 0) is 60.7 Å². The normalized spacial score (nSPS) is 39.0. The zero-order valence-electron chi connectivity index (χ0n) is 13.5. The maximum Gasteiger partial charge on any atom is -0.0264 e. The first kappa shape index (κ1) is 14.0. The molecule has 0 aromatic carbocycles. The van der Waals surface area contributed by atoms with Gasteiger partial charge in [0.05, 0.1) is 0 Å². The Morgan fingerprint density at radius 2 is 1.47 bits per heavy atom. The second kappa shape index (κ2) is 5.08. The van der Waals surface area contributed by atoms with Gasteiger partial charge in [0.15, 0.2) is 0 Å². The highest BCUT2D eigenvalue weighted by atomic mass is 14.6. The molecule has 3 fully saturated rings. The van der Waals surface area contributed by atoms with E-state index in [1.807, 2.05) is 0 Å². The molecule has 0 amide bonds. The topological polar surface area (TPSA) is 0 Å². The molecule has 19 heavy (non-hydrogen) atoms. The van der Waals surface area contributed by atoms with E-state index in [0.29, 0.717) is 5.41 Å². The molecular formula is C19H34. The van der Waals surface area contributed by atoms with Crippen LogP contribution in [0.25, 0.3) is 0 Å². The van der Waals surface area contributed by atoms with Gasteiger partial charge in [-0.25, -0.2) is 0 Å². The molecule has 0 aliphatic heterocycles. The van der Waals surface area contributed by atoms with Gasteiger partial charge in [-0.3, -0.25) is 0 Å². The third-order valence-electron chi connectivity index (χ3n) is 7.47. The van der Waals surface area contributed by atoms with Crippen LogP contribution in [-0.4, -0.2) is 0 Å². The van der Waals surface area contributed by atoms with Gasteiger partial charge in [0, 0.05) is 0 Å². The van der Waals surface area contributed by atoms with Gasteiger partial charge in [-0.15, -0.1) is 0 Å². The van der Waals surface area contributed by atoms with Gasteiger partial charge in [-0.2, -0.15) is 0 Å². The lowest BCUT2D eigenvalue weighted by atomic mass is 9.55. The predicted octanol–water partition coefficient (Wildman–Crippen LogP) is 6.20. The van der Waals surface area contributed by atoms with E-state index in [9.17, 15) is 0 Å². The fourth-order valence-corrected chi connectivity index (χ4v) is 6.66. The fraction of sp³-hybridized carbons (Fsp3) is 1.00. The molecule has 0 nitrogen and oxygen atoms in total. The molecule has 0 radical (unpaired) electrons. The molecule has 0 bridgehead atoms. The summed E-state index contributed by atoms with van der Waals surface area (Å²) in [6, 6.07) is 0. The Kier molecular flexibility index (Phi) is 3.73. The van der Waals surface area contributed by atoms with Crippen LogP contribution in [0.5, 0.6) is 0 Å². The Bertz CT molecular complexity index is 308. The van der Waals surface area contributed by atoms with Crippen LogP contribution in [0, 0.1) is 28.6 Å². The van der Waals surface area contributed by atoms with Gasteiger partial charge < -0.3 is 0 Å². The molecule has 0 saturated heterocycles. The molecule has 3 unspecified atom stereocenters. The van der Waals surface area contributed by atoms with E-state index in [2.05, 4.69) is 20.8 Å². The summed E-state index contributed by atoms with van der Waals surface area (Å²) in [6.45, 7) is 7.82. The van der Waals surface area contributed by atoms with Crippen LogP contribution in [0.1, 0.15) is 91.4 Å². The lowest BCUT2D eigenvalue weighted by Crippen LogP contribution is -2.42. The van der Waals surface area contributed by atoms with E-state index in [0.717, 1.165) is 23.2 Å². The van der Waals surface area contributed by atoms with E-state index in [4.69, 9.17) is 0 Å². The van der Waals surface area contributed by atoms with Crippen LogP contribution >= 0.6 is 0 Å². The average Bonchev–Trinajstić information content (AvgIpc) is 2.98. The molecular weight excluding hydrogens is 228 g/mol. The summed E-state index contributed by atoms with van der Waals surface area (Å²) in [5, 5.41) is 0. The van der Waals surface area contributed by atoms with Gasteiger partial charge in [0.25, 0.3) is 0 Å². The first-order chi connectivity index (χ1) is 9.06. The molecule has 3 aliphatic carbocycles. The van der Waals surface area contributed by atoms with Crippen molar-refractivity contribution in [3.8, 4) is 0 Å². The van der Waals surface area contributed by atoms with Crippen molar-refractivity contribution in [2.75, 3.05) is 0 Å². The molecule has 3 rings (SSSR count). The van der Waals surface area contributed by atoms with Crippen LogP contribution in [0.4, 0.5) is 0 Å². The van der Waals surface area contributed by atoms with Crippen molar-refractivity contribution >= 4 is 0 Å². The SMILES string of the molecule is CC1CCCC1C(C)(C)C1CCCC12CCCCC2. The maximum atomic E-state index is 2.64. The molecule has 0 aromatic rings. The fourth-order valence-electron chi connectivity index (χ4n) is 6.66. The number of rotatable bonds is 2. The number of hydrogen-bond donors (Lipinski definition) is 0. The quantitative estimate of drug-likeness (QED) is 0.556. The van der Waals surface area contributed by atoms with E-state index >= 15 is 0 Å². The molecule has 3 atom stereocenters. The standard InChI is InChI=1S/C19H34/c1-15-9-7-10-16(15)18(2,3)17-11-8-14-19(17)12-5-4-6-13-19/h15-17H,4-14H2,1-3H3. The Morgan fingerprint density at radius 3 is 2.11 bits per heavy atom. The largest absolute Gasteiger partial charge is 0.0622 e. The molecule has 0 aromatic heterocycles. The molecule has 0 heteroatoms. The van der Waals surface area contributed by atoms with Crippen LogP contribution < -0.4 is 0 Å². The predicted molar refractivity (Wildman–Crippen MR) is 83.1 cm³/mol. The summed E-state index contributed by atoms with van der Waals surface area (Å²) in [5.41, 5.74) is 1.37.